The molecule has 1 aliphatic heterocycles. The zero-order valence-electron chi connectivity index (χ0n) is 56.5. The standard InChI is InChI=1S/C21H16N2O4.C15H15NO2.2C14H11Cl2NO2.C12H11ClN2O5S.Na/c1-13-6-4-7-14(12-13)23-18-17(10-5-11-22-18)20(25)27-21-16-9-3-2-8-15(16)19(24)26-21;1-10-6-5-9-13(11(10)2)16-14-8-4-3-7-12(14)15(17)18;2*1-8-6-7-10(15)13(12(8)16)17-11-5-3-2-4-9(11)14(18)19;13-9-5-10(14-6-7-2-1-3-20-7)8(12(16)17)4-11(9)15-21(18)19;/h2-12,21H,1H3,(H,22,23);3-9,16H,1-2H3,(H,17,18);2*2-7,17H,1H3,(H,18,19);1-5,14-15H,6H2,(H,16,17)(H,18,19);/q;;;;;+1/p-2. The van der Waals surface area contributed by atoms with Crippen molar-refractivity contribution in [3.8, 4) is 0 Å². The molecule has 0 bridgehead atoms. The summed E-state index contributed by atoms with van der Waals surface area (Å²) in [4.78, 5) is 73.4. The number of nitrogens with zero attached hydrogens (tertiary/aromatic N) is 1. The number of nitrogens with one attached hydrogen (secondary N) is 6. The van der Waals surface area contributed by atoms with Gasteiger partial charge in [-0.15, -0.1) is 0 Å². The summed E-state index contributed by atoms with van der Waals surface area (Å²) in [5, 5.41) is 55.5. The number of hydrogen-bond acceptors (Lipinski definition) is 18. The Morgan fingerprint density at radius 3 is 1.63 bits per heavy atom. The number of carbonyl (C=O) groups is 6. The molecular formula is C76H62Cl5N7NaO15S-. The quantitative estimate of drug-likeness (QED) is 0.0206. The number of para-hydroxylation sites is 3. The van der Waals surface area contributed by atoms with Crippen LogP contribution in [0.4, 0.5) is 57.0 Å². The maximum Gasteiger partial charge on any atom is 1.00 e. The number of carboxylic acids is 4. The summed E-state index contributed by atoms with van der Waals surface area (Å²) >= 11 is 27.8. The fourth-order valence-corrected chi connectivity index (χ4v) is 11.3. The molecule has 22 nitrogen and oxygen atoms in total. The van der Waals surface area contributed by atoms with Crippen LogP contribution in [0.1, 0.15) is 108 Å². The van der Waals surface area contributed by atoms with Gasteiger partial charge in [0.1, 0.15) is 17.1 Å². The van der Waals surface area contributed by atoms with Gasteiger partial charge < -0.3 is 75.0 Å². The van der Waals surface area contributed by atoms with E-state index in [1.165, 1.54) is 30.0 Å². The van der Waals surface area contributed by atoms with Crippen LogP contribution in [0.5, 0.6) is 0 Å². The van der Waals surface area contributed by atoms with Crippen LogP contribution < -0.4 is 66.0 Å². The normalized spacial score (nSPS) is 11.7. The number of halogens is 5. The molecule has 2 aromatic heterocycles. The van der Waals surface area contributed by atoms with Gasteiger partial charge in [0.05, 0.1) is 100 Å². The predicted molar refractivity (Wildman–Crippen MR) is 401 cm³/mol. The van der Waals surface area contributed by atoms with Crippen molar-refractivity contribution in [3.05, 3.63) is 310 Å². The van der Waals surface area contributed by atoms with Gasteiger partial charge in [-0.2, -0.15) is 0 Å². The van der Waals surface area contributed by atoms with Gasteiger partial charge in [-0.1, -0.05) is 155 Å². The second-order valence-corrected chi connectivity index (χ2v) is 25.0. The third kappa shape index (κ3) is 22.6. The maximum atomic E-state index is 12.7. The number of ether oxygens (including phenoxy) is 2. The minimum atomic E-state index is -2.60. The van der Waals surface area contributed by atoms with E-state index in [1.54, 1.807) is 134 Å². The van der Waals surface area contributed by atoms with Gasteiger partial charge in [-0.25, -0.2) is 29.0 Å². The fourth-order valence-electron chi connectivity index (χ4n) is 9.72. The molecule has 0 fully saturated rings. The molecule has 0 aliphatic carbocycles. The number of benzene rings is 9. The average molecular weight is 1550 g/mol. The third-order valence-electron chi connectivity index (χ3n) is 15.2. The summed E-state index contributed by atoms with van der Waals surface area (Å²) in [6, 6.07) is 56.6. The van der Waals surface area contributed by atoms with Crippen LogP contribution >= 0.6 is 58.0 Å². The van der Waals surface area contributed by atoms with Crippen LogP contribution in [0.25, 0.3) is 0 Å². The summed E-state index contributed by atoms with van der Waals surface area (Å²) in [5.41, 5.74) is 11.1. The van der Waals surface area contributed by atoms with Crippen molar-refractivity contribution in [1.29, 1.82) is 0 Å². The van der Waals surface area contributed by atoms with Gasteiger partial charge in [0, 0.05) is 45.7 Å². The molecule has 2 unspecified atom stereocenters. The van der Waals surface area contributed by atoms with E-state index < -0.39 is 53.4 Å². The van der Waals surface area contributed by atoms with Crippen molar-refractivity contribution >= 4 is 162 Å². The number of carboxylic acid groups (broad SMARTS) is 4. The van der Waals surface area contributed by atoms with Gasteiger partial charge in [0.2, 0.25) is 0 Å². The minimum Gasteiger partial charge on any atom is -0.755 e. The molecule has 2 atom stereocenters. The number of fused-ring (bicyclic) bond motifs is 1. The Hall–Kier alpha value is -10.4. The molecule has 0 saturated heterocycles. The molecule has 9 N–H and O–H groups in total. The SMILES string of the molecule is Cc1ccc(Cl)c(Nc2ccccc2C(=O)O)c1Cl.Cc1ccc(Cl)c(Nc2ccccc2C(=O)[O-])c1Cl.Cc1cccc(Nc2ccccc2C(=O)O)c1C.Cc1cccc(Nc2ncccc2C(=O)OC2OC(=O)c3ccccc32)c1.O=C(O)c1cc(NS(=O)[O-])c(Cl)cc1NCc1ccco1.[Na+]. The second kappa shape index (κ2) is 38.9. The number of hydrogen-bond donors (Lipinski definition) is 9. The molecule has 534 valence electrons. The van der Waals surface area contributed by atoms with Gasteiger partial charge in [0.25, 0.3) is 6.29 Å². The maximum absolute atomic E-state index is 12.7. The first-order chi connectivity index (χ1) is 49.7. The van der Waals surface area contributed by atoms with Crippen molar-refractivity contribution in [2.24, 2.45) is 0 Å². The first-order valence-electron chi connectivity index (χ1n) is 30.9. The molecule has 11 aromatic rings. The smallest absolute Gasteiger partial charge is 0.755 e. The summed E-state index contributed by atoms with van der Waals surface area (Å²) in [6.07, 6.45) is 2.02. The van der Waals surface area contributed by atoms with Crippen LogP contribution in [-0.2, 0) is 27.3 Å². The Labute approximate surface area is 652 Å². The van der Waals surface area contributed by atoms with Crippen molar-refractivity contribution in [2.45, 2.75) is 47.5 Å². The average Bonchev–Trinajstić information content (AvgIpc) is 1.80. The zero-order chi connectivity index (χ0) is 75.3. The molecule has 12 rings (SSSR count). The zero-order valence-corrected chi connectivity index (χ0v) is 63.1. The Kier molecular flexibility index (Phi) is 30.3. The number of anilines is 10. The molecule has 9 aromatic carbocycles. The Bertz CT molecular complexity index is 4900. The summed E-state index contributed by atoms with van der Waals surface area (Å²) in [6.45, 7) is 9.99. The number of rotatable bonds is 19. The van der Waals surface area contributed by atoms with Crippen LogP contribution in [0.3, 0.4) is 0 Å². The van der Waals surface area contributed by atoms with Crippen molar-refractivity contribution < 1.29 is 101 Å². The van der Waals surface area contributed by atoms with E-state index in [0.717, 1.165) is 39.7 Å². The second-order valence-electron chi connectivity index (χ2n) is 22.3. The molecule has 3 heterocycles. The number of esters is 2. The number of aromatic nitrogens is 1. The Balaban J connectivity index is 0.000000185. The van der Waals surface area contributed by atoms with E-state index in [4.69, 9.17) is 82.1 Å². The van der Waals surface area contributed by atoms with Crippen molar-refractivity contribution in [1.82, 2.24) is 4.98 Å². The summed E-state index contributed by atoms with van der Waals surface area (Å²) in [5.74, 6) is -4.57. The number of pyridine rings is 1. The molecule has 0 radical (unpaired) electrons. The van der Waals surface area contributed by atoms with Crippen LogP contribution in [0.2, 0.25) is 25.1 Å². The molecule has 1 aliphatic rings. The molecular weight excluding hydrogens is 1480 g/mol. The van der Waals surface area contributed by atoms with Gasteiger partial charge in [-0.3, -0.25) is 4.21 Å². The fraction of sp³-hybridized carbons (Fsp3) is 0.0921. The molecule has 105 heavy (non-hydrogen) atoms. The predicted octanol–water partition coefficient (Wildman–Crippen LogP) is 15.5. The van der Waals surface area contributed by atoms with Crippen molar-refractivity contribution in [3.63, 3.8) is 0 Å². The van der Waals surface area contributed by atoms with E-state index in [2.05, 4.69) is 31.6 Å². The van der Waals surface area contributed by atoms with Gasteiger partial charge in [0.15, 0.2) is 0 Å². The molecule has 0 saturated carbocycles. The topological polar surface area (TPSA) is 343 Å². The van der Waals surface area contributed by atoms with Crippen LogP contribution in [-0.4, -0.2) is 64.9 Å². The van der Waals surface area contributed by atoms with Gasteiger partial charge >= 0.3 is 59.4 Å². The number of aryl methyl sites for hydroxylation is 4. The first-order valence-corrected chi connectivity index (χ1v) is 33.9. The molecule has 0 spiro atoms. The Morgan fingerprint density at radius 1 is 0.533 bits per heavy atom. The number of aromatic carboxylic acids is 4. The third-order valence-corrected chi connectivity index (χ3v) is 17.5. The molecule has 0 amide bonds. The van der Waals surface area contributed by atoms with Crippen molar-refractivity contribution in [2.75, 3.05) is 31.3 Å². The van der Waals surface area contributed by atoms with Gasteiger partial charge in [-0.05, 0) is 166 Å². The summed E-state index contributed by atoms with van der Waals surface area (Å²) in [7, 11) is 0. The largest absolute Gasteiger partial charge is 1.00 e. The van der Waals surface area contributed by atoms with E-state index in [1.807, 2.05) is 87.9 Å². The van der Waals surface area contributed by atoms with E-state index in [9.17, 15) is 47.7 Å². The monoisotopic (exact) mass is 1540 g/mol. The first kappa shape index (κ1) is 81.9. The minimum absolute atomic E-state index is 0. The van der Waals surface area contributed by atoms with E-state index in [-0.39, 0.29) is 80.3 Å². The Morgan fingerprint density at radius 2 is 1.07 bits per heavy atom. The number of cyclic esters (lactones) is 1. The summed E-state index contributed by atoms with van der Waals surface area (Å²) < 4.78 is 39.0. The number of furan rings is 1. The van der Waals surface area contributed by atoms with Crippen LogP contribution in [0.15, 0.2) is 217 Å². The van der Waals surface area contributed by atoms with E-state index >= 15 is 0 Å². The molecule has 29 heteroatoms. The van der Waals surface area contributed by atoms with E-state index in [0.29, 0.717) is 71.2 Å². The number of carbonyl (C=O) groups excluding carboxylic acids is 3. The van der Waals surface area contributed by atoms with Crippen LogP contribution in [0, 0.1) is 34.6 Å².